The van der Waals surface area contributed by atoms with Crippen molar-refractivity contribution in [1.82, 2.24) is 10.9 Å². The van der Waals surface area contributed by atoms with Crippen molar-refractivity contribution in [3.8, 4) is 0 Å². The summed E-state index contributed by atoms with van der Waals surface area (Å²) >= 11 is 9.08. The Balaban J connectivity index is 2.06. The molecular formula is C14H17ClN2O2S2. The molecule has 1 amide bonds. The third kappa shape index (κ3) is 5.00. The van der Waals surface area contributed by atoms with E-state index in [9.17, 15) is 4.79 Å². The Bertz CT molecular complexity index is 590. The number of amides is 1. The summed E-state index contributed by atoms with van der Waals surface area (Å²) in [5, 5.41) is 1.99. The lowest BCUT2D eigenvalue weighted by molar-refractivity contribution is 0.0492. The van der Waals surface area contributed by atoms with Gasteiger partial charge in [-0.15, -0.1) is 22.7 Å². The summed E-state index contributed by atoms with van der Waals surface area (Å²) in [6.07, 6.45) is -0.508. The van der Waals surface area contributed by atoms with Gasteiger partial charge in [-0.2, -0.15) is 0 Å². The van der Waals surface area contributed by atoms with E-state index in [1.807, 2.05) is 50.4 Å². The van der Waals surface area contributed by atoms with Crippen molar-refractivity contribution in [3.05, 3.63) is 43.7 Å². The third-order valence-corrected chi connectivity index (χ3v) is 4.66. The fourth-order valence-corrected chi connectivity index (χ4v) is 3.66. The van der Waals surface area contributed by atoms with Crippen LogP contribution in [0.25, 0.3) is 0 Å². The largest absolute Gasteiger partial charge is 0.443 e. The molecule has 0 aliphatic rings. The SMILES string of the molecule is CC(C)(C)OC(=O)NNC(c1cccs1)c1ccc(Cl)s1. The van der Waals surface area contributed by atoms with E-state index in [1.54, 1.807) is 11.3 Å². The van der Waals surface area contributed by atoms with Gasteiger partial charge in [-0.3, -0.25) is 5.43 Å². The summed E-state index contributed by atoms with van der Waals surface area (Å²) in [7, 11) is 0. The van der Waals surface area contributed by atoms with E-state index in [0.29, 0.717) is 4.34 Å². The van der Waals surface area contributed by atoms with E-state index >= 15 is 0 Å². The van der Waals surface area contributed by atoms with Crippen molar-refractivity contribution in [1.29, 1.82) is 0 Å². The van der Waals surface area contributed by atoms with Crippen LogP contribution in [0.1, 0.15) is 36.6 Å². The normalized spacial score (nSPS) is 13.0. The molecule has 2 heterocycles. The van der Waals surface area contributed by atoms with Gasteiger partial charge in [0.25, 0.3) is 0 Å². The Kier molecular flexibility index (Phi) is 5.27. The van der Waals surface area contributed by atoms with Gasteiger partial charge in [-0.25, -0.2) is 10.2 Å². The molecule has 0 bridgehead atoms. The number of hydrogen-bond donors (Lipinski definition) is 2. The first kappa shape index (κ1) is 16.3. The number of nitrogens with one attached hydrogen (secondary N) is 2. The molecule has 0 saturated heterocycles. The minimum absolute atomic E-state index is 0.144. The maximum absolute atomic E-state index is 11.8. The van der Waals surface area contributed by atoms with Gasteiger partial charge < -0.3 is 4.74 Å². The van der Waals surface area contributed by atoms with Crippen LogP contribution in [0.15, 0.2) is 29.6 Å². The van der Waals surface area contributed by atoms with Gasteiger partial charge >= 0.3 is 6.09 Å². The van der Waals surface area contributed by atoms with E-state index in [1.165, 1.54) is 11.3 Å². The molecule has 1 atom stereocenters. The van der Waals surface area contributed by atoms with Gasteiger partial charge in [-0.1, -0.05) is 17.7 Å². The highest BCUT2D eigenvalue weighted by Gasteiger charge is 2.20. The number of hydrazine groups is 1. The topological polar surface area (TPSA) is 50.4 Å². The lowest BCUT2D eigenvalue weighted by Crippen LogP contribution is -2.42. The van der Waals surface area contributed by atoms with Gasteiger partial charge in [0.2, 0.25) is 0 Å². The van der Waals surface area contributed by atoms with Crippen LogP contribution < -0.4 is 10.9 Å². The second-order valence-corrected chi connectivity index (χ2v) is 8.09. The summed E-state index contributed by atoms with van der Waals surface area (Å²) in [6.45, 7) is 5.47. The predicted octanol–water partition coefficient (Wildman–Crippen LogP) is 4.58. The zero-order chi connectivity index (χ0) is 15.5. The Morgan fingerprint density at radius 1 is 1.29 bits per heavy atom. The average molecular weight is 345 g/mol. The maximum Gasteiger partial charge on any atom is 0.422 e. The van der Waals surface area contributed by atoms with E-state index in [4.69, 9.17) is 16.3 Å². The van der Waals surface area contributed by atoms with Crippen molar-refractivity contribution >= 4 is 40.4 Å². The van der Waals surface area contributed by atoms with Crippen LogP contribution in [0.5, 0.6) is 0 Å². The fourth-order valence-electron chi connectivity index (χ4n) is 1.66. The molecule has 21 heavy (non-hydrogen) atoms. The standard InChI is InChI=1S/C14H17ClN2O2S2/c1-14(2,3)19-13(18)17-16-12(9-5-4-8-20-9)10-6-7-11(15)21-10/h4-8,12,16H,1-3H3,(H,17,18). The zero-order valence-electron chi connectivity index (χ0n) is 12.0. The number of hydrogen-bond acceptors (Lipinski definition) is 5. The molecule has 2 rings (SSSR count). The molecule has 2 aromatic heterocycles. The second-order valence-electron chi connectivity index (χ2n) is 5.36. The van der Waals surface area contributed by atoms with Gasteiger partial charge in [0.15, 0.2) is 0 Å². The zero-order valence-corrected chi connectivity index (χ0v) is 14.4. The van der Waals surface area contributed by atoms with E-state index in [-0.39, 0.29) is 6.04 Å². The van der Waals surface area contributed by atoms with Gasteiger partial charge in [-0.05, 0) is 44.4 Å². The third-order valence-electron chi connectivity index (χ3n) is 2.42. The first-order valence-electron chi connectivity index (χ1n) is 6.38. The minimum Gasteiger partial charge on any atom is -0.443 e. The Labute approximate surface area is 137 Å². The van der Waals surface area contributed by atoms with Crippen molar-refractivity contribution < 1.29 is 9.53 Å². The molecule has 0 saturated carbocycles. The van der Waals surface area contributed by atoms with Crippen molar-refractivity contribution in [2.75, 3.05) is 0 Å². The second kappa shape index (κ2) is 6.79. The van der Waals surface area contributed by atoms with E-state index in [0.717, 1.165) is 9.75 Å². The van der Waals surface area contributed by atoms with Gasteiger partial charge in [0.05, 0.1) is 10.4 Å². The Morgan fingerprint density at radius 2 is 2.05 bits per heavy atom. The highest BCUT2D eigenvalue weighted by atomic mass is 35.5. The lowest BCUT2D eigenvalue weighted by Gasteiger charge is -2.22. The van der Waals surface area contributed by atoms with Crippen LogP contribution in [0, 0.1) is 0 Å². The van der Waals surface area contributed by atoms with E-state index in [2.05, 4.69) is 10.9 Å². The quantitative estimate of drug-likeness (QED) is 0.798. The summed E-state index contributed by atoms with van der Waals surface area (Å²) in [6, 6.07) is 7.62. The van der Waals surface area contributed by atoms with Crippen LogP contribution >= 0.6 is 34.3 Å². The molecule has 7 heteroatoms. The minimum atomic E-state index is -0.531. The van der Waals surface area contributed by atoms with Crippen LogP contribution in [0.2, 0.25) is 4.34 Å². The maximum atomic E-state index is 11.8. The first-order chi connectivity index (χ1) is 9.85. The highest BCUT2D eigenvalue weighted by molar-refractivity contribution is 7.16. The van der Waals surface area contributed by atoms with Gasteiger partial charge in [0.1, 0.15) is 5.60 Å². The number of thiophene rings is 2. The molecule has 4 nitrogen and oxygen atoms in total. The molecule has 0 aliphatic heterocycles. The van der Waals surface area contributed by atoms with Crippen LogP contribution in [0.4, 0.5) is 4.79 Å². The Hall–Kier alpha value is -1.08. The molecule has 2 N–H and O–H groups in total. The monoisotopic (exact) mass is 344 g/mol. The summed E-state index contributed by atoms with van der Waals surface area (Å²) in [5.74, 6) is 0. The van der Waals surface area contributed by atoms with Gasteiger partial charge in [0, 0.05) is 9.75 Å². The predicted molar refractivity (Wildman–Crippen MR) is 88.0 cm³/mol. The summed E-state index contributed by atoms with van der Waals surface area (Å²) in [4.78, 5) is 13.9. The van der Waals surface area contributed by atoms with Crippen LogP contribution in [0.3, 0.4) is 0 Å². The average Bonchev–Trinajstić information content (AvgIpc) is 2.99. The number of halogens is 1. The molecule has 1 unspecified atom stereocenters. The Morgan fingerprint density at radius 3 is 2.57 bits per heavy atom. The smallest absolute Gasteiger partial charge is 0.422 e. The summed E-state index contributed by atoms with van der Waals surface area (Å²) in [5.41, 5.74) is 5.07. The van der Waals surface area contributed by atoms with E-state index < -0.39 is 11.7 Å². The van der Waals surface area contributed by atoms with Crippen molar-refractivity contribution in [2.24, 2.45) is 0 Å². The molecular weight excluding hydrogens is 328 g/mol. The number of ether oxygens (including phenoxy) is 1. The fraction of sp³-hybridized carbons (Fsp3) is 0.357. The van der Waals surface area contributed by atoms with Crippen LogP contribution in [-0.2, 0) is 4.74 Å². The molecule has 2 aromatic rings. The lowest BCUT2D eigenvalue weighted by atomic mass is 10.2. The molecule has 0 fully saturated rings. The molecule has 0 aliphatic carbocycles. The number of rotatable bonds is 4. The summed E-state index contributed by atoms with van der Waals surface area (Å²) < 4.78 is 5.93. The highest BCUT2D eigenvalue weighted by Crippen LogP contribution is 2.32. The number of carbonyl (C=O) groups excluding carboxylic acids is 1. The first-order valence-corrected chi connectivity index (χ1v) is 8.46. The molecule has 0 radical (unpaired) electrons. The number of carbonyl (C=O) groups is 1. The molecule has 114 valence electrons. The van der Waals surface area contributed by atoms with Crippen molar-refractivity contribution in [2.45, 2.75) is 32.4 Å². The molecule has 0 spiro atoms. The molecule has 0 aromatic carbocycles. The van der Waals surface area contributed by atoms with Crippen molar-refractivity contribution in [3.63, 3.8) is 0 Å². The van der Waals surface area contributed by atoms with Crippen LogP contribution in [-0.4, -0.2) is 11.7 Å².